The third-order valence-electron chi connectivity index (χ3n) is 4.21. The Bertz CT molecular complexity index is 879. The van der Waals surface area contributed by atoms with Gasteiger partial charge in [-0.25, -0.2) is 4.98 Å². The van der Waals surface area contributed by atoms with E-state index in [1.807, 2.05) is 0 Å². The molecule has 1 N–H and O–H groups in total. The van der Waals surface area contributed by atoms with Crippen molar-refractivity contribution in [3.05, 3.63) is 41.9 Å². The molecule has 1 amide bonds. The molecular formula is C18H17N5O3. The van der Waals surface area contributed by atoms with Gasteiger partial charge in [0.05, 0.1) is 30.5 Å². The molecule has 0 saturated carbocycles. The Labute approximate surface area is 150 Å². The minimum atomic E-state index is -0.436. The molecule has 1 aliphatic rings. The molecule has 1 aromatic carbocycles. The summed E-state index contributed by atoms with van der Waals surface area (Å²) in [7, 11) is 1.58. The molecule has 3 rings (SSSR count). The van der Waals surface area contributed by atoms with Crippen molar-refractivity contribution < 1.29 is 13.9 Å². The monoisotopic (exact) mass is 351 g/mol. The molecule has 1 saturated heterocycles. The normalized spacial score (nSPS) is 19.0. The molecule has 8 nitrogen and oxygen atoms in total. The van der Waals surface area contributed by atoms with Crippen LogP contribution in [0.3, 0.4) is 0 Å². The number of likely N-dealkylation sites (tertiary alicyclic amines) is 1. The Balaban J connectivity index is 1.67. The van der Waals surface area contributed by atoms with Crippen molar-refractivity contribution in [1.29, 1.82) is 10.5 Å². The van der Waals surface area contributed by atoms with E-state index in [1.165, 1.54) is 6.20 Å². The second-order valence-corrected chi connectivity index (χ2v) is 5.99. The molecule has 1 fully saturated rings. The summed E-state index contributed by atoms with van der Waals surface area (Å²) in [6, 6.07) is 8.69. The van der Waals surface area contributed by atoms with Crippen LogP contribution in [-0.4, -0.2) is 48.1 Å². The smallest absolute Gasteiger partial charge is 0.307 e. The van der Waals surface area contributed by atoms with Crippen LogP contribution < -0.4 is 5.32 Å². The molecule has 2 atom stereocenters. The van der Waals surface area contributed by atoms with Gasteiger partial charge in [0.25, 0.3) is 5.89 Å². The quantitative estimate of drug-likeness (QED) is 0.812. The Morgan fingerprint density at radius 3 is 3.08 bits per heavy atom. The number of carbonyl (C=O) groups excluding carboxylic acids is 1. The van der Waals surface area contributed by atoms with Gasteiger partial charge in [0.2, 0.25) is 0 Å². The van der Waals surface area contributed by atoms with E-state index in [9.17, 15) is 4.79 Å². The van der Waals surface area contributed by atoms with Crippen LogP contribution in [0.5, 0.6) is 0 Å². The van der Waals surface area contributed by atoms with Gasteiger partial charge < -0.3 is 19.4 Å². The molecule has 0 aliphatic carbocycles. The number of amides is 1. The molecule has 2 heterocycles. The van der Waals surface area contributed by atoms with Gasteiger partial charge in [-0.2, -0.15) is 10.5 Å². The van der Waals surface area contributed by atoms with Crippen LogP contribution in [0.4, 0.5) is 0 Å². The lowest BCUT2D eigenvalue weighted by atomic mass is 10.1. The number of methoxy groups -OCH3 is 1. The number of hydrogen-bond acceptors (Lipinski definition) is 7. The lowest BCUT2D eigenvalue weighted by Crippen LogP contribution is -2.36. The predicted octanol–water partition coefficient (Wildman–Crippen LogP) is 1.51. The Hall–Kier alpha value is -3.36. The summed E-state index contributed by atoms with van der Waals surface area (Å²) in [6.45, 7) is 0.854. The Morgan fingerprint density at radius 2 is 2.35 bits per heavy atom. The van der Waals surface area contributed by atoms with Crippen LogP contribution in [0, 0.1) is 22.8 Å². The van der Waals surface area contributed by atoms with E-state index in [2.05, 4.69) is 22.6 Å². The molecule has 1 aliphatic heterocycles. The summed E-state index contributed by atoms with van der Waals surface area (Å²) in [4.78, 5) is 18.0. The van der Waals surface area contributed by atoms with Crippen LogP contribution >= 0.6 is 0 Å². The summed E-state index contributed by atoms with van der Waals surface area (Å²) in [5.74, 6) is -0.0794. The third-order valence-corrected chi connectivity index (χ3v) is 4.21. The van der Waals surface area contributed by atoms with Crippen molar-refractivity contribution in [2.24, 2.45) is 0 Å². The second kappa shape index (κ2) is 7.68. The fraction of sp³-hybridized carbons (Fsp3) is 0.333. The number of rotatable bonds is 5. The second-order valence-electron chi connectivity index (χ2n) is 5.99. The van der Waals surface area contributed by atoms with Crippen molar-refractivity contribution in [2.45, 2.75) is 18.5 Å². The SMILES string of the molecule is COC[C@@H]1C[C@@H](NC(=O)c2ncc(-c3cccc(C#N)c3)o2)CN1C#N. The van der Waals surface area contributed by atoms with Crippen molar-refractivity contribution in [2.75, 3.05) is 20.3 Å². The van der Waals surface area contributed by atoms with E-state index in [-0.39, 0.29) is 18.0 Å². The first-order valence-electron chi connectivity index (χ1n) is 8.07. The topological polar surface area (TPSA) is 115 Å². The van der Waals surface area contributed by atoms with Gasteiger partial charge in [-0.1, -0.05) is 12.1 Å². The summed E-state index contributed by atoms with van der Waals surface area (Å²) < 4.78 is 10.6. The molecule has 1 aromatic heterocycles. The summed E-state index contributed by atoms with van der Waals surface area (Å²) >= 11 is 0. The minimum absolute atomic E-state index is 0.0517. The molecule has 26 heavy (non-hydrogen) atoms. The van der Waals surface area contributed by atoms with Crippen LogP contribution in [0.2, 0.25) is 0 Å². The highest BCUT2D eigenvalue weighted by Gasteiger charge is 2.33. The van der Waals surface area contributed by atoms with E-state index in [0.717, 1.165) is 0 Å². The number of benzene rings is 1. The fourth-order valence-corrected chi connectivity index (χ4v) is 3.00. The number of carbonyl (C=O) groups is 1. The summed E-state index contributed by atoms with van der Waals surface area (Å²) in [5, 5.41) is 21.0. The van der Waals surface area contributed by atoms with Gasteiger partial charge in [-0.3, -0.25) is 4.79 Å². The van der Waals surface area contributed by atoms with Crippen molar-refractivity contribution in [3.8, 4) is 23.6 Å². The Kier molecular flexibility index (Phi) is 5.16. The van der Waals surface area contributed by atoms with Crippen molar-refractivity contribution in [3.63, 3.8) is 0 Å². The highest BCUT2D eigenvalue weighted by atomic mass is 16.5. The summed E-state index contributed by atoms with van der Waals surface area (Å²) in [5.41, 5.74) is 1.17. The highest BCUT2D eigenvalue weighted by molar-refractivity contribution is 5.90. The molecule has 0 bridgehead atoms. The van der Waals surface area contributed by atoms with E-state index < -0.39 is 5.91 Å². The molecular weight excluding hydrogens is 334 g/mol. The molecule has 0 spiro atoms. The van der Waals surface area contributed by atoms with Crippen LogP contribution in [0.15, 0.2) is 34.9 Å². The van der Waals surface area contributed by atoms with Gasteiger partial charge in [0.1, 0.15) is 0 Å². The number of hydrogen-bond donors (Lipinski definition) is 1. The molecule has 0 radical (unpaired) electrons. The van der Waals surface area contributed by atoms with Crippen LogP contribution in [0.25, 0.3) is 11.3 Å². The van der Waals surface area contributed by atoms with Crippen molar-refractivity contribution >= 4 is 5.91 Å². The number of aromatic nitrogens is 1. The standard InChI is InChI=1S/C18H17N5O3/c1-25-10-15-6-14(9-23(15)11-20)22-17(24)18-21-8-16(26-18)13-4-2-3-12(5-13)7-19/h2-5,8,14-15H,6,9-10H2,1H3,(H,22,24)/t14-,15+/m1/s1. The van der Waals surface area contributed by atoms with Crippen LogP contribution in [0.1, 0.15) is 22.7 Å². The number of nitriles is 2. The van der Waals surface area contributed by atoms with Crippen LogP contribution in [-0.2, 0) is 4.74 Å². The molecule has 8 heteroatoms. The van der Waals surface area contributed by atoms with Gasteiger partial charge in [-0.05, 0) is 18.6 Å². The van der Waals surface area contributed by atoms with E-state index >= 15 is 0 Å². The maximum Gasteiger partial charge on any atom is 0.307 e. The van der Waals surface area contributed by atoms with Gasteiger partial charge in [0.15, 0.2) is 12.0 Å². The van der Waals surface area contributed by atoms with Gasteiger partial charge in [-0.15, -0.1) is 0 Å². The van der Waals surface area contributed by atoms with Gasteiger partial charge >= 0.3 is 5.91 Å². The molecule has 2 aromatic rings. The molecule has 132 valence electrons. The third kappa shape index (κ3) is 3.66. The fourth-order valence-electron chi connectivity index (χ4n) is 3.00. The Morgan fingerprint density at radius 1 is 1.50 bits per heavy atom. The first-order valence-corrected chi connectivity index (χ1v) is 8.07. The maximum absolute atomic E-state index is 12.4. The lowest BCUT2D eigenvalue weighted by molar-refractivity contribution is 0.0904. The minimum Gasteiger partial charge on any atom is -0.432 e. The lowest BCUT2D eigenvalue weighted by Gasteiger charge is -2.15. The predicted molar refractivity (Wildman–Crippen MR) is 90.5 cm³/mol. The molecule has 0 unspecified atom stereocenters. The van der Waals surface area contributed by atoms with Gasteiger partial charge in [0, 0.05) is 25.3 Å². The summed E-state index contributed by atoms with van der Waals surface area (Å²) in [6.07, 6.45) is 4.18. The zero-order chi connectivity index (χ0) is 18.5. The average Bonchev–Trinajstić information content (AvgIpc) is 3.29. The van der Waals surface area contributed by atoms with E-state index in [0.29, 0.717) is 36.5 Å². The van der Waals surface area contributed by atoms with E-state index in [1.54, 1.807) is 36.3 Å². The first kappa shape index (κ1) is 17.5. The van der Waals surface area contributed by atoms with Crippen molar-refractivity contribution in [1.82, 2.24) is 15.2 Å². The number of ether oxygens (including phenoxy) is 1. The largest absolute Gasteiger partial charge is 0.432 e. The highest BCUT2D eigenvalue weighted by Crippen LogP contribution is 2.22. The number of oxazole rings is 1. The first-order chi connectivity index (χ1) is 12.6. The maximum atomic E-state index is 12.4. The van der Waals surface area contributed by atoms with E-state index in [4.69, 9.17) is 19.7 Å². The zero-order valence-corrected chi connectivity index (χ0v) is 14.2. The zero-order valence-electron chi connectivity index (χ0n) is 14.2. The average molecular weight is 351 g/mol. The number of nitrogens with one attached hydrogen (secondary N) is 1. The number of nitrogens with zero attached hydrogens (tertiary/aromatic N) is 4.